The van der Waals surface area contributed by atoms with E-state index in [0.717, 1.165) is 5.39 Å². The Kier molecular flexibility index (Phi) is 9.07. The predicted octanol–water partition coefficient (Wildman–Crippen LogP) is 3.87. The van der Waals surface area contributed by atoms with Crippen molar-refractivity contribution in [2.45, 2.75) is 63.2 Å². The van der Waals surface area contributed by atoms with Crippen LogP contribution in [0.1, 0.15) is 44.6 Å². The van der Waals surface area contributed by atoms with Gasteiger partial charge in [-0.3, -0.25) is 14.4 Å². The van der Waals surface area contributed by atoms with Crippen molar-refractivity contribution in [3.8, 4) is 5.75 Å². The molecule has 0 spiro atoms. The first kappa shape index (κ1) is 32.9. The van der Waals surface area contributed by atoms with Crippen molar-refractivity contribution >= 4 is 61.8 Å². The maximum Gasteiger partial charge on any atom is 0.270 e. The van der Waals surface area contributed by atoms with E-state index < -0.39 is 39.3 Å². The lowest BCUT2D eigenvalue weighted by molar-refractivity contribution is -0.143. The number of methoxy groups -OCH3 is 1. The number of carbonyl (C=O) groups excluding carboxylic acids is 3. The van der Waals surface area contributed by atoms with Crippen molar-refractivity contribution in [3.05, 3.63) is 64.3 Å². The van der Waals surface area contributed by atoms with Gasteiger partial charge >= 0.3 is 0 Å². The third-order valence-electron chi connectivity index (χ3n) is 8.21. The average molecular weight is 677 g/mol. The normalized spacial score (nSPS) is 19.4. The van der Waals surface area contributed by atoms with Crippen molar-refractivity contribution in [1.82, 2.24) is 24.8 Å². The van der Waals surface area contributed by atoms with Crippen molar-refractivity contribution < 1.29 is 27.5 Å². The summed E-state index contributed by atoms with van der Waals surface area (Å²) in [6.07, 6.45) is 0.547. The number of piperazine rings is 1. The molecule has 3 heterocycles. The smallest absolute Gasteiger partial charge is 0.270 e. The molecule has 45 heavy (non-hydrogen) atoms. The van der Waals surface area contributed by atoms with Gasteiger partial charge < -0.3 is 19.9 Å². The first-order valence-electron chi connectivity index (χ1n) is 14.4. The quantitative estimate of drug-likeness (QED) is 0.370. The molecule has 14 heteroatoms. The Balaban J connectivity index is 1.27. The van der Waals surface area contributed by atoms with Gasteiger partial charge in [0.1, 0.15) is 22.4 Å². The highest BCUT2D eigenvalue weighted by molar-refractivity contribution is 7.89. The molecule has 2 aliphatic heterocycles. The lowest BCUT2D eigenvalue weighted by atomic mass is 9.85. The third-order valence-corrected chi connectivity index (χ3v) is 10.5. The van der Waals surface area contributed by atoms with Gasteiger partial charge in [-0.15, -0.1) is 0 Å². The Morgan fingerprint density at radius 2 is 1.64 bits per heavy atom. The molecule has 240 valence electrons. The molecule has 0 saturated carbocycles. The van der Waals surface area contributed by atoms with Gasteiger partial charge in [0.05, 0.1) is 35.8 Å². The van der Waals surface area contributed by atoms with Crippen LogP contribution in [0.3, 0.4) is 0 Å². The minimum Gasteiger partial charge on any atom is -0.496 e. The Labute approximate surface area is 272 Å². The summed E-state index contributed by atoms with van der Waals surface area (Å²) in [5.74, 6) is -0.673. The molecule has 2 fully saturated rings. The van der Waals surface area contributed by atoms with Gasteiger partial charge in [-0.25, -0.2) is 13.4 Å². The second-order valence-electron chi connectivity index (χ2n) is 12.4. The number of nitrogens with zero attached hydrogens (tertiary/aromatic N) is 3. The number of fused-ring (bicyclic) bond motifs is 3. The fourth-order valence-corrected chi connectivity index (χ4v) is 7.89. The van der Waals surface area contributed by atoms with Gasteiger partial charge in [0.15, 0.2) is 0 Å². The minimum absolute atomic E-state index is 0.0167. The molecule has 5 rings (SSSR count). The van der Waals surface area contributed by atoms with Crippen molar-refractivity contribution in [2.24, 2.45) is 5.41 Å². The van der Waals surface area contributed by atoms with E-state index in [1.165, 1.54) is 32.2 Å². The number of hydrogen-bond acceptors (Lipinski definition) is 7. The van der Waals surface area contributed by atoms with E-state index in [1.807, 2.05) is 39.0 Å². The largest absolute Gasteiger partial charge is 0.496 e. The summed E-state index contributed by atoms with van der Waals surface area (Å²) < 4.78 is 33.8. The van der Waals surface area contributed by atoms with Crippen LogP contribution in [-0.4, -0.2) is 85.3 Å². The van der Waals surface area contributed by atoms with Crippen LogP contribution in [0.15, 0.2) is 53.4 Å². The van der Waals surface area contributed by atoms with E-state index in [-0.39, 0.29) is 51.7 Å². The molecule has 0 unspecified atom stereocenters. The first-order chi connectivity index (χ1) is 21.1. The monoisotopic (exact) mass is 675 g/mol. The number of benzene rings is 2. The lowest BCUT2D eigenvalue weighted by Gasteiger charge is -2.39. The zero-order valence-electron chi connectivity index (χ0n) is 25.5. The molecule has 0 radical (unpaired) electrons. The number of amides is 3. The van der Waals surface area contributed by atoms with Crippen molar-refractivity contribution in [2.75, 3.05) is 20.2 Å². The van der Waals surface area contributed by atoms with Crippen LogP contribution in [-0.2, 0) is 19.6 Å². The average Bonchev–Trinajstić information content (AvgIpc) is 3.60. The van der Waals surface area contributed by atoms with E-state index in [9.17, 15) is 22.8 Å². The number of aromatic nitrogens is 1. The summed E-state index contributed by atoms with van der Waals surface area (Å²) in [7, 11) is -2.62. The number of pyridine rings is 1. The third kappa shape index (κ3) is 6.60. The van der Waals surface area contributed by atoms with Crippen LogP contribution in [0, 0.1) is 5.41 Å². The highest BCUT2D eigenvalue weighted by atomic mass is 35.5. The summed E-state index contributed by atoms with van der Waals surface area (Å²) in [5, 5.41) is 3.84. The number of ether oxygens (including phenoxy) is 1. The number of likely N-dealkylation sites (tertiary alicyclic amines) is 2. The summed E-state index contributed by atoms with van der Waals surface area (Å²) in [4.78, 5) is 48.4. The molecule has 2 N–H and O–H groups in total. The molecular formula is C31H35Cl2N5O6S. The van der Waals surface area contributed by atoms with Crippen LogP contribution in [0.5, 0.6) is 5.75 Å². The van der Waals surface area contributed by atoms with Gasteiger partial charge in [0.25, 0.3) is 5.91 Å². The second kappa shape index (κ2) is 12.4. The summed E-state index contributed by atoms with van der Waals surface area (Å²) in [6.45, 7) is 7.58. The first-order valence-corrected chi connectivity index (χ1v) is 16.7. The zero-order chi connectivity index (χ0) is 32.8. The molecule has 0 aliphatic carbocycles. The molecule has 3 aromatic rings. The molecule has 2 aromatic carbocycles. The maximum atomic E-state index is 13.9. The van der Waals surface area contributed by atoms with E-state index in [2.05, 4.69) is 15.0 Å². The Morgan fingerprint density at radius 3 is 2.27 bits per heavy atom. The van der Waals surface area contributed by atoms with Crippen molar-refractivity contribution in [3.63, 3.8) is 0 Å². The van der Waals surface area contributed by atoms with Crippen molar-refractivity contribution in [1.29, 1.82) is 0 Å². The lowest BCUT2D eigenvalue weighted by Crippen LogP contribution is -2.60. The topological polar surface area (TPSA) is 138 Å². The van der Waals surface area contributed by atoms with Gasteiger partial charge in [-0.2, -0.15) is 4.72 Å². The number of nitrogens with one attached hydrogen (secondary N) is 2. The van der Waals surface area contributed by atoms with Crippen LogP contribution in [0.4, 0.5) is 0 Å². The van der Waals surface area contributed by atoms with E-state index >= 15 is 0 Å². The Morgan fingerprint density at radius 1 is 1.00 bits per heavy atom. The van der Waals surface area contributed by atoms with Gasteiger partial charge in [0, 0.05) is 29.6 Å². The predicted molar refractivity (Wildman–Crippen MR) is 171 cm³/mol. The fourth-order valence-electron chi connectivity index (χ4n) is 5.93. The molecular weight excluding hydrogens is 641 g/mol. The molecule has 2 saturated heterocycles. The Hall–Kier alpha value is -3.45. The number of rotatable bonds is 8. The highest BCUT2D eigenvalue weighted by Crippen LogP contribution is 2.34. The zero-order valence-corrected chi connectivity index (χ0v) is 27.8. The molecule has 3 amide bonds. The minimum atomic E-state index is -4.13. The van der Waals surface area contributed by atoms with Gasteiger partial charge in [-0.05, 0) is 49.1 Å². The molecule has 11 nitrogen and oxygen atoms in total. The number of carbonyl (C=O) groups is 3. The fraction of sp³-hybridized carbons (Fsp3) is 0.419. The number of para-hydroxylation sites is 1. The van der Waals surface area contributed by atoms with E-state index in [4.69, 9.17) is 27.9 Å². The van der Waals surface area contributed by atoms with Gasteiger partial charge in [0.2, 0.25) is 21.8 Å². The van der Waals surface area contributed by atoms with E-state index in [1.54, 1.807) is 21.9 Å². The van der Waals surface area contributed by atoms with Crippen LogP contribution < -0.4 is 14.8 Å². The Bertz CT molecular complexity index is 1780. The van der Waals surface area contributed by atoms with Crippen LogP contribution in [0.2, 0.25) is 10.0 Å². The molecule has 2 bridgehead atoms. The number of halogens is 2. The maximum absolute atomic E-state index is 13.9. The number of hydrogen-bond donors (Lipinski definition) is 2. The SMILES string of the molecule is COc1cc(C(=O)N[C@H](C(=O)N2C[C@@H]3C[C@H]2CN3C(=O)[C@H](C)NS(=O)(=O)c2cc(Cl)ccc2Cl)C(C)(C)C)nc2ccccc12. The second-order valence-corrected chi connectivity index (χ2v) is 15.0. The molecule has 2 aliphatic rings. The van der Waals surface area contributed by atoms with E-state index in [0.29, 0.717) is 17.7 Å². The molecule has 1 aromatic heterocycles. The van der Waals surface area contributed by atoms with Crippen LogP contribution >= 0.6 is 23.2 Å². The summed E-state index contributed by atoms with van der Waals surface area (Å²) in [6, 6.07) is 10.4. The molecule has 4 atom stereocenters. The summed E-state index contributed by atoms with van der Waals surface area (Å²) >= 11 is 12.0. The summed E-state index contributed by atoms with van der Waals surface area (Å²) in [5.41, 5.74) is 0.0802. The number of sulfonamides is 1. The highest BCUT2D eigenvalue weighted by Gasteiger charge is 2.50. The van der Waals surface area contributed by atoms with Gasteiger partial charge in [-0.1, -0.05) is 56.1 Å². The standard InChI is InChI=1S/C31H35Cl2N5O6S/c1-17(36-45(42,43)26-12-18(32)10-11-22(26)33)29(40)37-15-20-13-19(37)16-38(20)30(41)27(31(2,3)4)35-28(39)24-14-25(44-5)21-8-6-7-9-23(21)34-24/h6-12,14,17,19-20,27,36H,13,15-16H2,1-5H3,(H,35,39)/t17-,19-,20-,27+/m0/s1. The van der Waals surface area contributed by atoms with Crippen LogP contribution in [0.25, 0.3) is 10.9 Å².